The van der Waals surface area contributed by atoms with Gasteiger partial charge in [0.1, 0.15) is 5.25 Å². The number of aryl methyl sites for hydroxylation is 4. The summed E-state index contributed by atoms with van der Waals surface area (Å²) in [4.78, 5) is 13.3. The first-order chi connectivity index (χ1) is 14.0. The largest absolute Gasteiger partial charge is 0.325 e. The van der Waals surface area contributed by atoms with Crippen molar-refractivity contribution in [3.8, 4) is 0 Å². The average molecular weight is 408 g/mol. The molecule has 1 aliphatic rings. The molecule has 4 rings (SSSR count). The van der Waals surface area contributed by atoms with E-state index in [2.05, 4.69) is 52.1 Å². The number of anilines is 1. The van der Waals surface area contributed by atoms with Gasteiger partial charge in [0.05, 0.1) is 6.04 Å². The highest BCUT2D eigenvalue weighted by Crippen LogP contribution is 2.37. The van der Waals surface area contributed by atoms with Crippen LogP contribution in [0.3, 0.4) is 0 Å². The predicted molar refractivity (Wildman–Crippen MR) is 117 cm³/mol. The van der Waals surface area contributed by atoms with Crippen molar-refractivity contribution in [1.29, 1.82) is 0 Å². The van der Waals surface area contributed by atoms with Crippen molar-refractivity contribution in [3.05, 3.63) is 70.5 Å². The highest BCUT2D eigenvalue weighted by molar-refractivity contribution is 8.00. The van der Waals surface area contributed by atoms with E-state index in [1.807, 2.05) is 43.6 Å². The molecule has 0 spiro atoms. The Balaban J connectivity index is 1.68. The van der Waals surface area contributed by atoms with Gasteiger partial charge in [0.25, 0.3) is 0 Å². The molecule has 0 aliphatic carbocycles. The maximum Gasteiger partial charge on any atom is 0.240 e. The van der Waals surface area contributed by atoms with Crippen LogP contribution in [-0.2, 0) is 11.2 Å². The number of nitrogens with zero attached hydrogens (tertiary/aromatic N) is 3. The lowest BCUT2D eigenvalue weighted by Gasteiger charge is -2.33. The smallest absolute Gasteiger partial charge is 0.240 e. The third-order valence-electron chi connectivity index (χ3n) is 5.17. The maximum atomic E-state index is 13.3. The van der Waals surface area contributed by atoms with Crippen LogP contribution in [0.1, 0.15) is 41.0 Å². The second kappa shape index (κ2) is 7.91. The molecule has 7 heteroatoms. The molecule has 1 amide bonds. The number of carbonyl (C=O) groups excluding carboxylic acids is 1. The number of rotatable bonds is 4. The minimum Gasteiger partial charge on any atom is -0.325 e. The number of carbonyl (C=O) groups is 1. The van der Waals surface area contributed by atoms with E-state index >= 15 is 0 Å². The molecule has 0 bridgehead atoms. The van der Waals surface area contributed by atoms with E-state index in [1.54, 1.807) is 0 Å². The van der Waals surface area contributed by atoms with E-state index in [0.717, 1.165) is 34.6 Å². The number of benzene rings is 2. The van der Waals surface area contributed by atoms with Crippen molar-refractivity contribution in [3.63, 3.8) is 0 Å². The summed E-state index contributed by atoms with van der Waals surface area (Å²) in [6, 6.07) is 14.2. The van der Waals surface area contributed by atoms with Gasteiger partial charge in [-0.05, 0) is 43.5 Å². The minimum atomic E-state index is -0.376. The maximum absolute atomic E-state index is 13.3. The van der Waals surface area contributed by atoms with Crippen molar-refractivity contribution in [2.75, 3.05) is 10.7 Å². The number of nitrogens with one attached hydrogen (secondary N) is 2. The molecule has 29 heavy (non-hydrogen) atoms. The van der Waals surface area contributed by atoms with Crippen LogP contribution >= 0.6 is 11.8 Å². The first-order valence-corrected chi connectivity index (χ1v) is 10.7. The first kappa shape index (κ1) is 19.5. The van der Waals surface area contributed by atoms with E-state index in [4.69, 9.17) is 0 Å². The van der Waals surface area contributed by atoms with E-state index in [-0.39, 0.29) is 17.2 Å². The summed E-state index contributed by atoms with van der Waals surface area (Å²) < 4.78 is 1.91. The molecule has 2 heterocycles. The van der Waals surface area contributed by atoms with Crippen LogP contribution in [0.15, 0.2) is 47.6 Å². The number of thioether (sulfide) groups is 1. The minimum absolute atomic E-state index is 0.0472. The quantitative estimate of drug-likeness (QED) is 0.679. The zero-order chi connectivity index (χ0) is 20.5. The summed E-state index contributed by atoms with van der Waals surface area (Å²) >= 11 is 1.45. The van der Waals surface area contributed by atoms with Crippen LogP contribution in [0.25, 0.3) is 0 Å². The van der Waals surface area contributed by atoms with Crippen molar-refractivity contribution in [1.82, 2.24) is 14.9 Å². The Morgan fingerprint density at radius 3 is 2.55 bits per heavy atom. The van der Waals surface area contributed by atoms with Gasteiger partial charge in [-0.1, -0.05) is 60.6 Å². The van der Waals surface area contributed by atoms with Gasteiger partial charge in [-0.3, -0.25) is 4.79 Å². The molecule has 2 aromatic carbocycles. The summed E-state index contributed by atoms with van der Waals surface area (Å²) in [7, 11) is 0. The first-order valence-electron chi connectivity index (χ1n) is 9.78. The number of hydrogen-bond donors (Lipinski definition) is 2. The summed E-state index contributed by atoms with van der Waals surface area (Å²) in [5.74, 6) is 0.812. The Morgan fingerprint density at radius 2 is 1.83 bits per heavy atom. The third kappa shape index (κ3) is 3.87. The van der Waals surface area contributed by atoms with Crippen molar-refractivity contribution in [2.24, 2.45) is 0 Å². The highest BCUT2D eigenvalue weighted by atomic mass is 32.2. The Labute approximate surface area is 175 Å². The number of fused-ring (bicyclic) bond motifs is 1. The normalized spacial score (nSPS) is 18.1. The summed E-state index contributed by atoms with van der Waals surface area (Å²) in [5.41, 5.74) is 8.74. The SMILES string of the molecule is CCc1nnc2n1N[C@@H](c1ccc(C)cc1)[C@H](C(=O)Nc1cc(C)ccc1C)S2. The Hall–Kier alpha value is -2.80. The fourth-order valence-electron chi connectivity index (χ4n) is 3.43. The van der Waals surface area contributed by atoms with Gasteiger partial charge < -0.3 is 10.7 Å². The van der Waals surface area contributed by atoms with E-state index < -0.39 is 0 Å². The summed E-state index contributed by atoms with van der Waals surface area (Å²) in [6.07, 6.45) is 0.764. The molecule has 0 saturated carbocycles. The Morgan fingerprint density at radius 1 is 1.10 bits per heavy atom. The molecule has 0 unspecified atom stereocenters. The Bertz CT molecular complexity index is 1040. The monoisotopic (exact) mass is 407 g/mol. The molecule has 0 saturated heterocycles. The molecule has 150 valence electrons. The van der Waals surface area contributed by atoms with Crippen LogP contribution in [0.5, 0.6) is 0 Å². The zero-order valence-electron chi connectivity index (χ0n) is 17.1. The lowest BCUT2D eigenvalue weighted by Crippen LogP contribution is -2.41. The highest BCUT2D eigenvalue weighted by Gasteiger charge is 2.37. The Kier molecular flexibility index (Phi) is 5.32. The van der Waals surface area contributed by atoms with Crippen molar-refractivity contribution < 1.29 is 4.79 Å². The van der Waals surface area contributed by atoms with Gasteiger partial charge in [0, 0.05) is 12.1 Å². The van der Waals surface area contributed by atoms with E-state index in [1.165, 1.54) is 17.3 Å². The van der Waals surface area contributed by atoms with Gasteiger partial charge in [-0.15, -0.1) is 10.2 Å². The molecule has 1 aromatic heterocycles. The van der Waals surface area contributed by atoms with Gasteiger partial charge in [0.15, 0.2) is 5.82 Å². The van der Waals surface area contributed by atoms with Crippen molar-refractivity contribution in [2.45, 2.75) is 50.6 Å². The van der Waals surface area contributed by atoms with E-state index in [9.17, 15) is 4.79 Å². The zero-order valence-corrected chi connectivity index (χ0v) is 17.9. The second-order valence-corrected chi connectivity index (χ2v) is 8.56. The van der Waals surface area contributed by atoms with Crippen LogP contribution in [0.4, 0.5) is 5.69 Å². The molecule has 3 aromatic rings. The molecular weight excluding hydrogens is 382 g/mol. The van der Waals surface area contributed by atoms with Gasteiger partial charge in [-0.25, -0.2) is 4.68 Å². The summed E-state index contributed by atoms with van der Waals surface area (Å²) in [6.45, 7) is 8.13. The average Bonchev–Trinajstić information content (AvgIpc) is 3.12. The topological polar surface area (TPSA) is 71.8 Å². The van der Waals surface area contributed by atoms with Crippen molar-refractivity contribution >= 4 is 23.4 Å². The van der Waals surface area contributed by atoms with Crippen LogP contribution < -0.4 is 10.7 Å². The lowest BCUT2D eigenvalue weighted by atomic mass is 10.0. The fourth-order valence-corrected chi connectivity index (χ4v) is 4.52. The standard InChI is InChI=1S/C22H25N5OS/c1-5-18-24-25-22-27(18)26-19(16-10-7-13(2)8-11-16)20(29-22)21(28)23-17-12-14(3)6-9-15(17)4/h6-12,19-20,26H,5H2,1-4H3,(H,23,28)/t19-,20+/m0/s1. The molecule has 6 nitrogen and oxygen atoms in total. The van der Waals surface area contributed by atoms with Gasteiger partial charge >= 0.3 is 0 Å². The van der Waals surface area contributed by atoms with Crippen LogP contribution in [0, 0.1) is 20.8 Å². The summed E-state index contributed by atoms with van der Waals surface area (Å²) in [5, 5.41) is 12.0. The molecule has 1 aliphatic heterocycles. The van der Waals surface area contributed by atoms with Crippen LogP contribution in [-0.4, -0.2) is 26.0 Å². The number of amides is 1. The molecule has 0 radical (unpaired) electrons. The number of hydrogen-bond acceptors (Lipinski definition) is 5. The predicted octanol–water partition coefficient (Wildman–Crippen LogP) is 4.16. The van der Waals surface area contributed by atoms with E-state index in [0.29, 0.717) is 5.16 Å². The lowest BCUT2D eigenvalue weighted by molar-refractivity contribution is -0.116. The third-order valence-corrected chi connectivity index (χ3v) is 6.38. The van der Waals surface area contributed by atoms with Gasteiger partial charge in [-0.2, -0.15) is 0 Å². The fraction of sp³-hybridized carbons (Fsp3) is 0.318. The molecule has 2 atom stereocenters. The number of aromatic nitrogens is 3. The molecular formula is C22H25N5OS. The second-order valence-electron chi connectivity index (χ2n) is 7.45. The van der Waals surface area contributed by atoms with Crippen LogP contribution in [0.2, 0.25) is 0 Å². The van der Waals surface area contributed by atoms with Gasteiger partial charge in [0.2, 0.25) is 11.1 Å². The molecule has 2 N–H and O–H groups in total. The molecule has 0 fully saturated rings.